The molecule has 1 aliphatic rings. The van der Waals surface area contributed by atoms with E-state index >= 15 is 0 Å². The number of piperazine rings is 1. The number of hydrogen-bond acceptors (Lipinski definition) is 5. The summed E-state index contributed by atoms with van der Waals surface area (Å²) >= 11 is 0. The number of carbonyl (C=O) groups is 1. The van der Waals surface area contributed by atoms with Crippen molar-refractivity contribution < 1.29 is 13.9 Å². The molecule has 2 aromatic carbocycles. The van der Waals surface area contributed by atoms with Gasteiger partial charge in [-0.3, -0.25) is 4.98 Å². The van der Waals surface area contributed by atoms with Gasteiger partial charge in [-0.1, -0.05) is 50.2 Å². The van der Waals surface area contributed by atoms with Gasteiger partial charge in [-0.2, -0.15) is 0 Å². The van der Waals surface area contributed by atoms with E-state index in [4.69, 9.17) is 14.1 Å². The Labute approximate surface area is 218 Å². The van der Waals surface area contributed by atoms with E-state index in [1.165, 1.54) is 5.56 Å². The molecule has 1 amide bonds. The lowest BCUT2D eigenvalue weighted by Crippen LogP contribution is -2.50. The van der Waals surface area contributed by atoms with Crippen LogP contribution >= 0.6 is 0 Å². The highest BCUT2D eigenvalue weighted by atomic mass is 16.6. The predicted octanol–water partition coefficient (Wildman–Crippen LogP) is 7.34. The number of benzene rings is 2. The average molecular weight is 498 g/mol. The molecule has 0 radical (unpaired) electrons. The standard InChI is InChI=1S/C31H35N3O3/c1-21(2)22-6-8-24(9-7-22)27-20-36-28-18-25(19-32-29(27)28)23-10-12-26(13-11-23)33-14-16-34(17-15-33)30(35)37-31(3,4)5/h6-13,18-21H,14-17H2,1-5H3. The van der Waals surface area contributed by atoms with Crippen LogP contribution in [0.2, 0.25) is 0 Å². The Bertz CT molecular complexity index is 1370. The zero-order chi connectivity index (χ0) is 26.2. The smallest absolute Gasteiger partial charge is 0.410 e. The number of carbonyl (C=O) groups excluding carboxylic acids is 1. The third-order valence-electron chi connectivity index (χ3n) is 6.80. The van der Waals surface area contributed by atoms with Gasteiger partial charge in [-0.05, 0) is 61.6 Å². The number of amides is 1. The highest BCUT2D eigenvalue weighted by Gasteiger charge is 2.26. The van der Waals surface area contributed by atoms with Crippen LogP contribution in [-0.2, 0) is 4.74 Å². The Morgan fingerprint density at radius 3 is 2.19 bits per heavy atom. The maximum absolute atomic E-state index is 12.3. The van der Waals surface area contributed by atoms with Crippen molar-refractivity contribution in [2.24, 2.45) is 0 Å². The topological polar surface area (TPSA) is 58.8 Å². The van der Waals surface area contributed by atoms with Gasteiger partial charge in [-0.25, -0.2) is 4.79 Å². The second-order valence-electron chi connectivity index (χ2n) is 11.0. The van der Waals surface area contributed by atoms with Crippen LogP contribution < -0.4 is 4.90 Å². The fourth-order valence-electron chi connectivity index (χ4n) is 4.66. The van der Waals surface area contributed by atoms with Gasteiger partial charge in [0.1, 0.15) is 17.4 Å². The van der Waals surface area contributed by atoms with Gasteiger partial charge in [0.15, 0.2) is 5.58 Å². The van der Waals surface area contributed by atoms with Crippen molar-refractivity contribution in [3.63, 3.8) is 0 Å². The monoisotopic (exact) mass is 497 g/mol. The normalized spacial score (nSPS) is 14.4. The minimum Gasteiger partial charge on any atom is -0.462 e. The molecule has 4 aromatic rings. The lowest BCUT2D eigenvalue weighted by Gasteiger charge is -2.36. The minimum absolute atomic E-state index is 0.237. The number of pyridine rings is 1. The van der Waals surface area contributed by atoms with Crippen molar-refractivity contribution in [2.75, 3.05) is 31.1 Å². The van der Waals surface area contributed by atoms with Gasteiger partial charge in [0, 0.05) is 49.2 Å². The quantitative estimate of drug-likeness (QED) is 0.295. The van der Waals surface area contributed by atoms with Crippen LogP contribution in [0, 0.1) is 0 Å². The maximum Gasteiger partial charge on any atom is 0.410 e. The SMILES string of the molecule is CC(C)c1ccc(-c2coc3cc(-c4ccc(N5CCN(C(=O)OC(C)(C)C)CC5)cc4)cnc23)cc1. The first-order valence-electron chi connectivity index (χ1n) is 13.0. The molecule has 1 fully saturated rings. The number of fused-ring (bicyclic) bond motifs is 1. The molecule has 6 nitrogen and oxygen atoms in total. The molecule has 1 saturated heterocycles. The third kappa shape index (κ3) is 5.48. The van der Waals surface area contributed by atoms with E-state index < -0.39 is 5.60 Å². The molecule has 5 rings (SSSR count). The number of nitrogens with zero attached hydrogens (tertiary/aromatic N) is 3. The third-order valence-corrected chi connectivity index (χ3v) is 6.80. The number of furan rings is 1. The van der Waals surface area contributed by atoms with Gasteiger partial charge < -0.3 is 19.0 Å². The Kier molecular flexibility index (Phi) is 6.67. The summed E-state index contributed by atoms with van der Waals surface area (Å²) in [6, 6.07) is 19.2. The molecule has 0 bridgehead atoms. The fraction of sp³-hybridized carbons (Fsp3) is 0.355. The largest absolute Gasteiger partial charge is 0.462 e. The van der Waals surface area contributed by atoms with Crippen molar-refractivity contribution in [3.8, 4) is 22.3 Å². The maximum atomic E-state index is 12.3. The second kappa shape index (κ2) is 9.92. The Morgan fingerprint density at radius 2 is 1.57 bits per heavy atom. The predicted molar refractivity (Wildman–Crippen MR) is 149 cm³/mol. The molecule has 2 aromatic heterocycles. The van der Waals surface area contributed by atoms with Gasteiger partial charge in [-0.15, -0.1) is 0 Å². The summed E-state index contributed by atoms with van der Waals surface area (Å²) in [6.45, 7) is 12.9. The number of anilines is 1. The summed E-state index contributed by atoms with van der Waals surface area (Å²) < 4.78 is 11.4. The first kappa shape index (κ1) is 24.9. The molecule has 6 heteroatoms. The second-order valence-corrected chi connectivity index (χ2v) is 11.0. The molecule has 0 unspecified atom stereocenters. The lowest BCUT2D eigenvalue weighted by atomic mass is 9.99. The first-order valence-corrected chi connectivity index (χ1v) is 13.0. The highest BCUT2D eigenvalue weighted by Crippen LogP contribution is 2.33. The van der Waals surface area contributed by atoms with Crippen molar-refractivity contribution in [3.05, 3.63) is 72.6 Å². The molecule has 0 saturated carbocycles. The summed E-state index contributed by atoms with van der Waals surface area (Å²) in [5, 5.41) is 0. The van der Waals surface area contributed by atoms with E-state index in [0.717, 1.165) is 52.1 Å². The Balaban J connectivity index is 1.27. The van der Waals surface area contributed by atoms with Gasteiger partial charge in [0.2, 0.25) is 0 Å². The minimum atomic E-state index is -0.474. The highest BCUT2D eigenvalue weighted by molar-refractivity contribution is 5.92. The van der Waals surface area contributed by atoms with Crippen LogP contribution in [0.5, 0.6) is 0 Å². The summed E-state index contributed by atoms with van der Waals surface area (Å²) in [5.41, 5.74) is 7.88. The lowest BCUT2D eigenvalue weighted by molar-refractivity contribution is 0.0240. The Morgan fingerprint density at radius 1 is 0.919 bits per heavy atom. The van der Waals surface area contributed by atoms with Crippen LogP contribution in [0.25, 0.3) is 33.4 Å². The van der Waals surface area contributed by atoms with Gasteiger partial charge >= 0.3 is 6.09 Å². The molecule has 192 valence electrons. The van der Waals surface area contributed by atoms with Gasteiger partial charge in [0.05, 0.1) is 0 Å². The average Bonchev–Trinajstić information content (AvgIpc) is 3.31. The summed E-state index contributed by atoms with van der Waals surface area (Å²) in [7, 11) is 0. The molecular weight excluding hydrogens is 462 g/mol. The number of hydrogen-bond donors (Lipinski definition) is 0. The molecule has 0 spiro atoms. The molecular formula is C31H35N3O3. The summed E-state index contributed by atoms with van der Waals surface area (Å²) in [6.07, 6.45) is 3.48. The van der Waals surface area contributed by atoms with E-state index in [9.17, 15) is 4.79 Å². The van der Waals surface area contributed by atoms with E-state index in [1.54, 1.807) is 11.2 Å². The molecule has 1 aliphatic heterocycles. The number of ether oxygens (including phenoxy) is 1. The molecule has 37 heavy (non-hydrogen) atoms. The molecule has 0 aliphatic carbocycles. The van der Waals surface area contributed by atoms with Crippen LogP contribution in [0.3, 0.4) is 0 Å². The van der Waals surface area contributed by atoms with Crippen molar-refractivity contribution in [2.45, 2.75) is 46.1 Å². The van der Waals surface area contributed by atoms with Crippen LogP contribution in [-0.4, -0.2) is 47.8 Å². The molecule has 0 N–H and O–H groups in total. The zero-order valence-electron chi connectivity index (χ0n) is 22.3. The van der Waals surface area contributed by atoms with Crippen LogP contribution in [0.1, 0.15) is 46.1 Å². The zero-order valence-corrected chi connectivity index (χ0v) is 22.3. The van der Waals surface area contributed by atoms with E-state index in [2.05, 4.69) is 73.3 Å². The number of aromatic nitrogens is 1. The molecule has 0 atom stereocenters. The fourth-order valence-corrected chi connectivity index (χ4v) is 4.66. The Hall–Kier alpha value is -3.80. The van der Waals surface area contributed by atoms with E-state index in [-0.39, 0.29) is 6.09 Å². The molecule has 3 heterocycles. The van der Waals surface area contributed by atoms with Gasteiger partial charge in [0.25, 0.3) is 0 Å². The van der Waals surface area contributed by atoms with Crippen LogP contribution in [0.4, 0.5) is 10.5 Å². The summed E-state index contributed by atoms with van der Waals surface area (Å²) in [5.74, 6) is 0.504. The van der Waals surface area contributed by atoms with E-state index in [1.807, 2.05) is 27.0 Å². The van der Waals surface area contributed by atoms with E-state index in [0.29, 0.717) is 19.0 Å². The number of rotatable bonds is 4. The summed E-state index contributed by atoms with van der Waals surface area (Å²) in [4.78, 5) is 21.2. The first-order chi connectivity index (χ1) is 17.7. The van der Waals surface area contributed by atoms with Crippen molar-refractivity contribution >= 4 is 22.9 Å². The van der Waals surface area contributed by atoms with Crippen molar-refractivity contribution in [1.82, 2.24) is 9.88 Å². The van der Waals surface area contributed by atoms with Crippen LogP contribution in [0.15, 0.2) is 71.5 Å². The van der Waals surface area contributed by atoms with Crippen molar-refractivity contribution in [1.29, 1.82) is 0 Å².